The number of benzene rings is 1. The number of rotatable bonds is 1. The van der Waals surface area contributed by atoms with Crippen LogP contribution >= 0.6 is 7.14 Å². The van der Waals surface area contributed by atoms with Gasteiger partial charge >= 0.3 is 0 Å². The van der Waals surface area contributed by atoms with Crippen LogP contribution in [-0.2, 0) is 11.0 Å². The molecule has 0 N–H and O–H groups in total. The normalized spacial score (nSPS) is 30.5. The Morgan fingerprint density at radius 1 is 1.41 bits per heavy atom. The minimum atomic E-state index is -1.97. The topological polar surface area (TPSA) is 26.3 Å². The van der Waals surface area contributed by atoms with Gasteiger partial charge in [0.2, 0.25) is 0 Å². The van der Waals surface area contributed by atoms with Crippen LogP contribution in [0.4, 0.5) is 0 Å². The minimum Gasteiger partial charge on any atom is -0.497 e. The Morgan fingerprint density at radius 3 is 3.00 bits per heavy atom. The van der Waals surface area contributed by atoms with Crippen LogP contribution in [0.15, 0.2) is 24.3 Å². The maximum Gasteiger partial charge on any atom is 0.119 e. The van der Waals surface area contributed by atoms with Gasteiger partial charge in [-0.15, -0.1) is 0 Å². The summed E-state index contributed by atoms with van der Waals surface area (Å²) in [7, 11) is -0.276. The second-order valence-electron chi connectivity index (χ2n) is 5.09. The SMILES string of the molecule is COc1ccc2c(c1)CCC1C2=CCP1(C)=O. The van der Waals surface area contributed by atoms with Crippen molar-refractivity contribution >= 4 is 12.7 Å². The Kier molecular flexibility index (Phi) is 2.45. The van der Waals surface area contributed by atoms with Gasteiger partial charge in [-0.25, -0.2) is 0 Å². The molecule has 3 rings (SSSR count). The van der Waals surface area contributed by atoms with E-state index in [4.69, 9.17) is 4.74 Å². The number of hydrogen-bond donors (Lipinski definition) is 0. The van der Waals surface area contributed by atoms with Crippen molar-refractivity contribution in [3.63, 3.8) is 0 Å². The summed E-state index contributed by atoms with van der Waals surface area (Å²) in [6, 6.07) is 6.24. The molecule has 1 aromatic carbocycles. The Hall–Kier alpha value is -1.01. The molecule has 0 saturated heterocycles. The van der Waals surface area contributed by atoms with Gasteiger partial charge in [-0.2, -0.15) is 0 Å². The predicted molar refractivity (Wildman–Crippen MR) is 71.5 cm³/mol. The van der Waals surface area contributed by atoms with E-state index >= 15 is 0 Å². The fourth-order valence-electron chi connectivity index (χ4n) is 3.03. The van der Waals surface area contributed by atoms with Crippen LogP contribution < -0.4 is 4.74 Å². The van der Waals surface area contributed by atoms with E-state index in [9.17, 15) is 4.57 Å². The molecule has 1 aromatic rings. The van der Waals surface area contributed by atoms with Gasteiger partial charge in [0.15, 0.2) is 0 Å². The molecule has 1 aliphatic carbocycles. The molecule has 2 nitrogen and oxygen atoms in total. The van der Waals surface area contributed by atoms with E-state index in [0.717, 1.165) is 24.8 Å². The summed E-state index contributed by atoms with van der Waals surface area (Å²) >= 11 is 0. The van der Waals surface area contributed by atoms with Crippen molar-refractivity contribution in [3.8, 4) is 5.75 Å². The van der Waals surface area contributed by atoms with Crippen molar-refractivity contribution in [3.05, 3.63) is 35.4 Å². The molecule has 0 saturated carbocycles. The lowest BCUT2D eigenvalue weighted by Crippen LogP contribution is -2.15. The first kappa shape index (κ1) is 11.1. The highest BCUT2D eigenvalue weighted by atomic mass is 31.2. The molecule has 90 valence electrons. The monoisotopic (exact) mass is 248 g/mol. The number of fused-ring (bicyclic) bond motifs is 3. The highest BCUT2D eigenvalue weighted by Crippen LogP contribution is 2.60. The van der Waals surface area contributed by atoms with Crippen molar-refractivity contribution in [2.24, 2.45) is 0 Å². The molecule has 17 heavy (non-hydrogen) atoms. The second kappa shape index (κ2) is 3.74. The zero-order valence-electron chi connectivity index (χ0n) is 10.3. The number of methoxy groups -OCH3 is 1. The number of allylic oxidation sites excluding steroid dienone is 2. The molecule has 0 radical (unpaired) electrons. The highest BCUT2D eigenvalue weighted by molar-refractivity contribution is 7.65. The summed E-state index contributed by atoms with van der Waals surface area (Å²) in [5.74, 6) is 0.917. The van der Waals surface area contributed by atoms with Crippen LogP contribution in [0, 0.1) is 0 Å². The zero-order valence-corrected chi connectivity index (χ0v) is 11.2. The third-order valence-electron chi connectivity index (χ3n) is 4.00. The van der Waals surface area contributed by atoms with Crippen LogP contribution in [-0.4, -0.2) is 25.6 Å². The average Bonchev–Trinajstić information content (AvgIpc) is 2.65. The van der Waals surface area contributed by atoms with Gasteiger partial charge < -0.3 is 9.30 Å². The van der Waals surface area contributed by atoms with Gasteiger partial charge in [0, 0.05) is 11.8 Å². The van der Waals surface area contributed by atoms with E-state index in [1.807, 2.05) is 12.7 Å². The highest BCUT2D eigenvalue weighted by Gasteiger charge is 2.38. The first-order valence-electron chi connectivity index (χ1n) is 6.05. The largest absolute Gasteiger partial charge is 0.497 e. The summed E-state index contributed by atoms with van der Waals surface area (Å²) in [6.07, 6.45) is 5.01. The van der Waals surface area contributed by atoms with Gasteiger partial charge in [-0.3, -0.25) is 0 Å². The quantitative estimate of drug-likeness (QED) is 0.712. The average molecular weight is 248 g/mol. The standard InChI is InChI=1S/C14H17O2P/c1-16-11-4-5-12-10(9-11)3-6-14-13(12)7-8-17(14,2)15/h4-5,7,9,14H,3,6,8H2,1-2H3. The molecule has 2 atom stereocenters. The summed E-state index contributed by atoms with van der Waals surface area (Å²) in [4.78, 5) is 0. The van der Waals surface area contributed by atoms with E-state index in [1.54, 1.807) is 7.11 Å². The first-order valence-corrected chi connectivity index (χ1v) is 8.46. The molecule has 3 heteroatoms. The Labute approximate surface area is 102 Å². The van der Waals surface area contributed by atoms with Crippen LogP contribution in [0.5, 0.6) is 5.75 Å². The number of hydrogen-bond acceptors (Lipinski definition) is 2. The van der Waals surface area contributed by atoms with Gasteiger partial charge in [0.05, 0.1) is 14.3 Å². The van der Waals surface area contributed by atoms with E-state index in [2.05, 4.69) is 18.2 Å². The Morgan fingerprint density at radius 2 is 2.24 bits per heavy atom. The van der Waals surface area contributed by atoms with Crippen LogP contribution in [0.1, 0.15) is 17.5 Å². The third kappa shape index (κ3) is 1.66. The predicted octanol–water partition coefficient (Wildman–Crippen LogP) is 3.40. The molecular formula is C14H17O2P. The number of aryl methyl sites for hydroxylation is 1. The summed E-state index contributed by atoms with van der Waals surface area (Å²) in [5, 5.41) is 0. The van der Waals surface area contributed by atoms with E-state index in [0.29, 0.717) is 5.66 Å². The second-order valence-corrected chi connectivity index (χ2v) is 8.43. The fourth-order valence-corrected chi connectivity index (χ4v) is 5.35. The lowest BCUT2D eigenvalue weighted by Gasteiger charge is -2.27. The van der Waals surface area contributed by atoms with Crippen LogP contribution in [0.2, 0.25) is 0 Å². The molecule has 1 heterocycles. The van der Waals surface area contributed by atoms with E-state index in [-0.39, 0.29) is 0 Å². The molecule has 0 fully saturated rings. The smallest absolute Gasteiger partial charge is 0.119 e. The van der Waals surface area contributed by atoms with Crippen molar-refractivity contribution < 1.29 is 9.30 Å². The lowest BCUT2D eigenvalue weighted by molar-refractivity contribution is 0.414. The molecule has 0 bridgehead atoms. The number of ether oxygens (including phenoxy) is 1. The molecule has 2 unspecified atom stereocenters. The molecule has 0 amide bonds. The van der Waals surface area contributed by atoms with Gasteiger partial charge in [0.25, 0.3) is 0 Å². The van der Waals surface area contributed by atoms with Gasteiger partial charge in [-0.05, 0) is 48.3 Å². The van der Waals surface area contributed by atoms with Gasteiger partial charge in [0.1, 0.15) is 5.75 Å². The summed E-state index contributed by atoms with van der Waals surface area (Å²) < 4.78 is 17.7. The van der Waals surface area contributed by atoms with Crippen molar-refractivity contribution in [2.45, 2.75) is 18.5 Å². The summed E-state index contributed by atoms with van der Waals surface area (Å²) in [6.45, 7) is 1.95. The van der Waals surface area contributed by atoms with Crippen LogP contribution in [0.3, 0.4) is 0 Å². The Bertz CT molecular complexity index is 545. The first-order chi connectivity index (χ1) is 8.12. The lowest BCUT2D eigenvalue weighted by atomic mass is 9.87. The Balaban J connectivity index is 2.07. The molecule has 0 spiro atoms. The van der Waals surface area contributed by atoms with E-state index in [1.165, 1.54) is 16.7 Å². The maximum absolute atomic E-state index is 12.4. The van der Waals surface area contributed by atoms with Gasteiger partial charge in [-0.1, -0.05) is 12.1 Å². The third-order valence-corrected chi connectivity index (χ3v) is 6.77. The molecule has 1 aliphatic heterocycles. The van der Waals surface area contributed by atoms with Crippen molar-refractivity contribution in [2.75, 3.05) is 19.9 Å². The minimum absolute atomic E-state index is 0.309. The maximum atomic E-state index is 12.4. The van der Waals surface area contributed by atoms with Crippen molar-refractivity contribution in [1.82, 2.24) is 0 Å². The van der Waals surface area contributed by atoms with E-state index < -0.39 is 7.14 Å². The summed E-state index contributed by atoms with van der Waals surface area (Å²) in [5.41, 5.74) is 4.26. The molecular weight excluding hydrogens is 231 g/mol. The van der Waals surface area contributed by atoms with Crippen LogP contribution in [0.25, 0.3) is 5.57 Å². The fraction of sp³-hybridized carbons (Fsp3) is 0.429. The zero-order chi connectivity index (χ0) is 12.0. The molecule has 2 aliphatic rings. The van der Waals surface area contributed by atoms with Crippen molar-refractivity contribution in [1.29, 1.82) is 0 Å². The molecule has 0 aromatic heterocycles.